The van der Waals surface area contributed by atoms with E-state index in [1.54, 1.807) is 6.08 Å². The number of carbonyl (C=O) groups excluding carboxylic acids is 2. The van der Waals surface area contributed by atoms with Crippen LogP contribution in [-0.4, -0.2) is 29.7 Å². The van der Waals surface area contributed by atoms with Crippen LogP contribution in [0.15, 0.2) is 29.2 Å². The van der Waals surface area contributed by atoms with E-state index in [0.29, 0.717) is 4.91 Å². The summed E-state index contributed by atoms with van der Waals surface area (Å²) < 4.78 is 5.97. The Bertz CT molecular complexity index is 660. The average Bonchev–Trinajstić information content (AvgIpc) is 2.82. The molecule has 0 spiro atoms. The van der Waals surface area contributed by atoms with Gasteiger partial charge in [-0.15, -0.1) is 0 Å². The molecule has 2 fully saturated rings. The quantitative estimate of drug-likeness (QED) is 0.742. The van der Waals surface area contributed by atoms with Crippen molar-refractivity contribution in [2.45, 2.75) is 39.0 Å². The van der Waals surface area contributed by atoms with Gasteiger partial charge in [0.15, 0.2) is 0 Å². The Morgan fingerprint density at radius 3 is 2.42 bits per heavy atom. The van der Waals surface area contributed by atoms with Crippen LogP contribution in [0.2, 0.25) is 0 Å². The van der Waals surface area contributed by atoms with Gasteiger partial charge in [-0.3, -0.25) is 14.5 Å². The van der Waals surface area contributed by atoms with Crippen molar-refractivity contribution in [1.82, 2.24) is 4.90 Å². The number of hydrogen-bond acceptors (Lipinski definition) is 4. The fourth-order valence-corrected chi connectivity index (χ4v) is 3.99. The number of carbonyl (C=O) groups is 2. The van der Waals surface area contributed by atoms with Crippen LogP contribution in [0.25, 0.3) is 6.08 Å². The first-order chi connectivity index (χ1) is 11.5. The fraction of sp³-hybridized carbons (Fsp3) is 0.474. The third-order valence-electron chi connectivity index (χ3n) is 4.81. The number of hydrogen-bond donors (Lipinski definition) is 0. The summed E-state index contributed by atoms with van der Waals surface area (Å²) in [5.74, 6) is 0.609. The Balaban J connectivity index is 1.61. The van der Waals surface area contributed by atoms with E-state index in [4.69, 9.17) is 4.74 Å². The SMILES string of the molecule is CN1C(=O)S/C(=C\c2ccc(OCC3(C)CCCCC3)cc2)C1=O. The summed E-state index contributed by atoms with van der Waals surface area (Å²) in [6.07, 6.45) is 8.15. The zero-order valence-electron chi connectivity index (χ0n) is 14.2. The molecule has 0 radical (unpaired) electrons. The summed E-state index contributed by atoms with van der Waals surface area (Å²) in [4.78, 5) is 25.0. The third-order valence-corrected chi connectivity index (χ3v) is 5.77. The lowest BCUT2D eigenvalue weighted by molar-refractivity contribution is -0.121. The van der Waals surface area contributed by atoms with E-state index in [9.17, 15) is 9.59 Å². The van der Waals surface area contributed by atoms with Crippen LogP contribution in [0, 0.1) is 5.41 Å². The van der Waals surface area contributed by atoms with E-state index in [0.717, 1.165) is 34.6 Å². The minimum atomic E-state index is -0.240. The highest BCUT2D eigenvalue weighted by atomic mass is 32.2. The molecule has 2 amide bonds. The lowest BCUT2D eigenvalue weighted by atomic mass is 9.76. The molecule has 1 aromatic carbocycles. The van der Waals surface area contributed by atoms with Crippen molar-refractivity contribution in [2.75, 3.05) is 13.7 Å². The second kappa shape index (κ2) is 7.01. The van der Waals surface area contributed by atoms with Crippen LogP contribution in [0.1, 0.15) is 44.6 Å². The number of nitrogens with zero attached hydrogens (tertiary/aromatic N) is 1. The van der Waals surface area contributed by atoms with Crippen LogP contribution < -0.4 is 4.74 Å². The van der Waals surface area contributed by atoms with Gasteiger partial charge in [0.2, 0.25) is 0 Å². The van der Waals surface area contributed by atoms with E-state index in [1.807, 2.05) is 24.3 Å². The van der Waals surface area contributed by atoms with E-state index >= 15 is 0 Å². The molecule has 128 valence electrons. The molecule has 0 N–H and O–H groups in total. The van der Waals surface area contributed by atoms with Crippen molar-refractivity contribution in [3.63, 3.8) is 0 Å². The van der Waals surface area contributed by atoms with Gasteiger partial charge in [-0.1, -0.05) is 38.3 Å². The fourth-order valence-electron chi connectivity index (χ4n) is 3.16. The lowest BCUT2D eigenvalue weighted by Gasteiger charge is -2.33. The predicted octanol–water partition coefficient (Wildman–Crippen LogP) is 4.70. The Labute approximate surface area is 147 Å². The van der Waals surface area contributed by atoms with E-state index in [1.165, 1.54) is 39.2 Å². The summed E-state index contributed by atoms with van der Waals surface area (Å²) in [6.45, 7) is 3.06. The molecule has 2 aliphatic rings. The molecule has 3 rings (SSSR count). The average molecular weight is 345 g/mol. The van der Waals surface area contributed by atoms with Gasteiger partial charge >= 0.3 is 0 Å². The van der Waals surface area contributed by atoms with Crippen LogP contribution in [-0.2, 0) is 4.79 Å². The number of rotatable bonds is 4. The molecule has 4 nitrogen and oxygen atoms in total. The van der Waals surface area contributed by atoms with Gasteiger partial charge in [-0.2, -0.15) is 0 Å². The van der Waals surface area contributed by atoms with Gasteiger partial charge in [0, 0.05) is 12.5 Å². The Morgan fingerprint density at radius 2 is 1.83 bits per heavy atom. The third kappa shape index (κ3) is 3.83. The highest BCUT2D eigenvalue weighted by Crippen LogP contribution is 2.36. The van der Waals surface area contributed by atoms with Crippen LogP contribution in [0.4, 0.5) is 4.79 Å². The van der Waals surface area contributed by atoms with Gasteiger partial charge in [0.25, 0.3) is 11.1 Å². The van der Waals surface area contributed by atoms with Gasteiger partial charge < -0.3 is 4.74 Å². The van der Waals surface area contributed by atoms with Crippen LogP contribution in [0.3, 0.4) is 0 Å². The number of thioether (sulfide) groups is 1. The maximum atomic E-state index is 11.9. The molecular formula is C19H23NO3S. The molecule has 0 bridgehead atoms. The number of ether oxygens (including phenoxy) is 1. The lowest BCUT2D eigenvalue weighted by Crippen LogP contribution is -2.27. The largest absolute Gasteiger partial charge is 0.493 e. The first kappa shape index (κ1) is 17.1. The van der Waals surface area contributed by atoms with Gasteiger partial charge in [-0.25, -0.2) is 0 Å². The zero-order valence-corrected chi connectivity index (χ0v) is 15.0. The molecule has 1 saturated heterocycles. The molecule has 1 saturated carbocycles. The molecular weight excluding hydrogens is 322 g/mol. The topological polar surface area (TPSA) is 46.6 Å². The summed E-state index contributed by atoms with van der Waals surface area (Å²) in [5.41, 5.74) is 1.18. The molecule has 24 heavy (non-hydrogen) atoms. The van der Waals surface area contributed by atoms with Gasteiger partial charge in [0.05, 0.1) is 11.5 Å². The first-order valence-corrected chi connectivity index (χ1v) is 9.23. The van der Waals surface area contributed by atoms with Crippen molar-refractivity contribution in [3.8, 4) is 5.75 Å². The molecule has 0 aromatic heterocycles. The highest BCUT2D eigenvalue weighted by Gasteiger charge is 2.31. The monoisotopic (exact) mass is 345 g/mol. The van der Waals surface area contributed by atoms with Crippen LogP contribution >= 0.6 is 11.8 Å². The second-order valence-electron chi connectivity index (χ2n) is 6.97. The normalized spacial score (nSPS) is 22.2. The maximum absolute atomic E-state index is 11.9. The summed E-state index contributed by atoms with van der Waals surface area (Å²) >= 11 is 0.977. The van der Waals surface area contributed by atoms with Crippen molar-refractivity contribution in [1.29, 1.82) is 0 Å². The predicted molar refractivity (Wildman–Crippen MR) is 96.9 cm³/mol. The molecule has 1 aliphatic heterocycles. The zero-order chi connectivity index (χ0) is 17.2. The Kier molecular flexibility index (Phi) is 4.99. The van der Waals surface area contributed by atoms with E-state index < -0.39 is 0 Å². The van der Waals surface area contributed by atoms with Crippen molar-refractivity contribution >= 4 is 29.0 Å². The number of amides is 2. The van der Waals surface area contributed by atoms with E-state index in [-0.39, 0.29) is 16.6 Å². The minimum absolute atomic E-state index is 0.230. The number of benzene rings is 1. The summed E-state index contributed by atoms with van der Waals surface area (Å²) in [7, 11) is 1.50. The van der Waals surface area contributed by atoms with Crippen molar-refractivity contribution in [3.05, 3.63) is 34.7 Å². The second-order valence-corrected chi connectivity index (χ2v) is 7.96. The minimum Gasteiger partial charge on any atom is -0.493 e. The first-order valence-electron chi connectivity index (χ1n) is 8.41. The van der Waals surface area contributed by atoms with E-state index in [2.05, 4.69) is 6.92 Å². The van der Waals surface area contributed by atoms with Crippen LogP contribution in [0.5, 0.6) is 5.75 Å². The molecule has 1 aliphatic carbocycles. The smallest absolute Gasteiger partial charge is 0.293 e. The summed E-state index contributed by atoms with van der Waals surface area (Å²) in [6, 6.07) is 7.69. The van der Waals surface area contributed by atoms with Crippen molar-refractivity contribution < 1.29 is 14.3 Å². The molecule has 1 heterocycles. The maximum Gasteiger partial charge on any atom is 0.293 e. The molecule has 1 aromatic rings. The number of likely N-dealkylation sites (N-methyl/N-ethyl adjacent to an activating group) is 1. The summed E-state index contributed by atoms with van der Waals surface area (Å²) in [5, 5.41) is -0.230. The van der Waals surface area contributed by atoms with Gasteiger partial charge in [-0.05, 0) is 48.4 Å². The Morgan fingerprint density at radius 1 is 1.17 bits per heavy atom. The Hall–Kier alpha value is -1.75. The molecule has 5 heteroatoms. The standard InChI is InChI=1S/C19H23NO3S/c1-19(10-4-3-5-11-19)13-23-15-8-6-14(7-9-15)12-16-17(21)20(2)18(22)24-16/h6-9,12H,3-5,10-11,13H2,1-2H3/b16-12-. The molecule has 0 atom stereocenters. The van der Waals surface area contributed by atoms with Gasteiger partial charge in [0.1, 0.15) is 5.75 Å². The van der Waals surface area contributed by atoms with Crippen molar-refractivity contribution in [2.24, 2.45) is 5.41 Å². The number of imide groups is 1. The highest BCUT2D eigenvalue weighted by molar-refractivity contribution is 8.18. The molecule has 0 unspecified atom stereocenters.